The minimum atomic E-state index is -0.228. The summed E-state index contributed by atoms with van der Waals surface area (Å²) < 4.78 is 1.90. The molecule has 1 N–H and O–H groups in total. The van der Waals surface area contributed by atoms with Crippen LogP contribution in [0.2, 0.25) is 0 Å². The maximum Gasteiger partial charge on any atom is 0.255 e. The Balaban J connectivity index is 1.86. The summed E-state index contributed by atoms with van der Waals surface area (Å²) in [4.78, 5) is 27.9. The molecular formula is C17H15N3O2. The van der Waals surface area contributed by atoms with Gasteiger partial charge in [-0.1, -0.05) is 12.1 Å². The Morgan fingerprint density at radius 1 is 1.09 bits per heavy atom. The van der Waals surface area contributed by atoms with Gasteiger partial charge >= 0.3 is 0 Å². The number of nitrogens with zero attached hydrogens (tertiary/aromatic N) is 2. The third-order valence-electron chi connectivity index (χ3n) is 3.51. The Labute approximate surface area is 127 Å². The van der Waals surface area contributed by atoms with Gasteiger partial charge in [-0.05, 0) is 37.3 Å². The van der Waals surface area contributed by atoms with E-state index in [9.17, 15) is 9.59 Å². The van der Waals surface area contributed by atoms with E-state index in [0.717, 1.165) is 11.0 Å². The van der Waals surface area contributed by atoms with Gasteiger partial charge in [-0.3, -0.25) is 9.59 Å². The fraction of sp³-hybridized carbons (Fsp3) is 0.118. The molecule has 3 aromatic rings. The largest absolute Gasteiger partial charge is 0.334 e. The van der Waals surface area contributed by atoms with Crippen molar-refractivity contribution in [2.24, 2.45) is 7.05 Å². The first-order chi connectivity index (χ1) is 10.5. The van der Waals surface area contributed by atoms with Crippen LogP contribution in [-0.4, -0.2) is 21.2 Å². The lowest BCUT2D eigenvalue weighted by Crippen LogP contribution is -2.12. The topological polar surface area (TPSA) is 64.0 Å². The highest BCUT2D eigenvalue weighted by Gasteiger charge is 2.09. The van der Waals surface area contributed by atoms with Crippen molar-refractivity contribution in [1.29, 1.82) is 0 Å². The quantitative estimate of drug-likeness (QED) is 0.755. The molecule has 0 fully saturated rings. The van der Waals surface area contributed by atoms with Crippen LogP contribution in [0.25, 0.3) is 11.0 Å². The Morgan fingerprint density at radius 3 is 2.68 bits per heavy atom. The first kappa shape index (κ1) is 14.0. The van der Waals surface area contributed by atoms with Gasteiger partial charge in [0.1, 0.15) is 0 Å². The summed E-state index contributed by atoms with van der Waals surface area (Å²) in [7, 11) is 1.91. The standard InChI is InChI=1S/C17H15N3O2/c1-11(21)12-4-3-5-14(8-12)19-17(22)13-6-7-16-15(9-13)18-10-20(16)2/h3-10H,1-2H3,(H,19,22). The summed E-state index contributed by atoms with van der Waals surface area (Å²) in [5, 5.41) is 2.80. The Bertz CT molecular complexity index is 880. The average molecular weight is 293 g/mol. The molecule has 2 aromatic carbocycles. The molecule has 0 atom stereocenters. The van der Waals surface area contributed by atoms with E-state index in [4.69, 9.17) is 0 Å². The number of amides is 1. The van der Waals surface area contributed by atoms with E-state index in [2.05, 4.69) is 10.3 Å². The molecule has 0 aliphatic rings. The van der Waals surface area contributed by atoms with Crippen LogP contribution in [0, 0.1) is 0 Å². The van der Waals surface area contributed by atoms with Crippen molar-refractivity contribution in [2.75, 3.05) is 5.32 Å². The highest BCUT2D eigenvalue weighted by Crippen LogP contribution is 2.16. The summed E-state index contributed by atoms with van der Waals surface area (Å²) in [5.41, 5.74) is 3.43. The molecule has 5 heteroatoms. The zero-order valence-electron chi connectivity index (χ0n) is 12.3. The predicted molar refractivity (Wildman–Crippen MR) is 85.1 cm³/mol. The lowest BCUT2D eigenvalue weighted by molar-refractivity contribution is 0.101. The van der Waals surface area contributed by atoms with E-state index < -0.39 is 0 Å². The predicted octanol–water partition coefficient (Wildman–Crippen LogP) is 3.03. The van der Waals surface area contributed by atoms with Gasteiger partial charge in [-0.25, -0.2) is 4.98 Å². The highest BCUT2D eigenvalue weighted by atomic mass is 16.1. The maximum absolute atomic E-state index is 12.3. The van der Waals surface area contributed by atoms with E-state index in [1.54, 1.807) is 42.7 Å². The monoisotopic (exact) mass is 293 g/mol. The zero-order chi connectivity index (χ0) is 15.7. The first-order valence-electron chi connectivity index (χ1n) is 6.88. The van der Waals surface area contributed by atoms with E-state index >= 15 is 0 Å². The van der Waals surface area contributed by atoms with Gasteiger partial charge in [0.2, 0.25) is 0 Å². The number of ketones is 1. The third-order valence-corrected chi connectivity index (χ3v) is 3.51. The van der Waals surface area contributed by atoms with Gasteiger partial charge in [0.05, 0.1) is 17.4 Å². The maximum atomic E-state index is 12.3. The molecule has 110 valence electrons. The molecule has 0 aliphatic heterocycles. The lowest BCUT2D eigenvalue weighted by atomic mass is 10.1. The molecule has 0 bridgehead atoms. The minimum Gasteiger partial charge on any atom is -0.334 e. The van der Waals surface area contributed by atoms with Crippen molar-refractivity contribution in [2.45, 2.75) is 6.92 Å². The molecule has 0 aliphatic carbocycles. The minimum absolute atomic E-state index is 0.0361. The normalized spacial score (nSPS) is 10.6. The molecule has 22 heavy (non-hydrogen) atoms. The first-order valence-corrected chi connectivity index (χ1v) is 6.88. The van der Waals surface area contributed by atoms with Crippen molar-refractivity contribution in [3.8, 4) is 0 Å². The second kappa shape index (κ2) is 5.44. The van der Waals surface area contributed by atoms with Gasteiger partial charge in [0.15, 0.2) is 5.78 Å². The van der Waals surface area contributed by atoms with Crippen LogP contribution in [0.4, 0.5) is 5.69 Å². The molecule has 3 rings (SSSR count). The van der Waals surface area contributed by atoms with E-state index in [-0.39, 0.29) is 11.7 Å². The number of fused-ring (bicyclic) bond motifs is 1. The number of carbonyl (C=O) groups excluding carboxylic acids is 2. The smallest absolute Gasteiger partial charge is 0.255 e. The van der Waals surface area contributed by atoms with Crippen LogP contribution in [-0.2, 0) is 7.05 Å². The fourth-order valence-corrected chi connectivity index (χ4v) is 2.30. The number of aryl methyl sites for hydroxylation is 1. The van der Waals surface area contributed by atoms with Crippen LogP contribution in [0.5, 0.6) is 0 Å². The molecule has 0 spiro atoms. The molecule has 5 nitrogen and oxygen atoms in total. The van der Waals surface area contributed by atoms with Gasteiger partial charge in [-0.15, -0.1) is 0 Å². The highest BCUT2D eigenvalue weighted by molar-refractivity contribution is 6.06. The van der Waals surface area contributed by atoms with E-state index in [1.165, 1.54) is 6.92 Å². The molecule has 0 saturated carbocycles. The molecule has 1 amide bonds. The second-order valence-corrected chi connectivity index (χ2v) is 5.15. The van der Waals surface area contributed by atoms with Crippen LogP contribution >= 0.6 is 0 Å². The van der Waals surface area contributed by atoms with E-state index in [0.29, 0.717) is 16.8 Å². The third kappa shape index (κ3) is 2.61. The van der Waals surface area contributed by atoms with Crippen molar-refractivity contribution in [3.05, 3.63) is 59.9 Å². The van der Waals surface area contributed by atoms with Gasteiger partial charge < -0.3 is 9.88 Å². The van der Waals surface area contributed by atoms with E-state index in [1.807, 2.05) is 17.7 Å². The Kier molecular flexibility index (Phi) is 3.47. The van der Waals surface area contributed by atoms with Gasteiger partial charge in [0, 0.05) is 23.9 Å². The number of carbonyl (C=O) groups is 2. The van der Waals surface area contributed by atoms with Crippen LogP contribution < -0.4 is 5.32 Å². The SMILES string of the molecule is CC(=O)c1cccc(NC(=O)c2ccc3c(c2)ncn3C)c1. The van der Waals surface area contributed by atoms with Crippen LogP contribution in [0.1, 0.15) is 27.6 Å². The molecule has 1 heterocycles. The Morgan fingerprint density at radius 2 is 1.91 bits per heavy atom. The molecule has 0 unspecified atom stereocenters. The van der Waals surface area contributed by atoms with Crippen molar-refractivity contribution >= 4 is 28.4 Å². The average Bonchev–Trinajstić information content (AvgIpc) is 2.88. The lowest BCUT2D eigenvalue weighted by Gasteiger charge is -2.06. The number of anilines is 1. The molecule has 1 aromatic heterocycles. The number of rotatable bonds is 3. The summed E-state index contributed by atoms with van der Waals surface area (Å²) in [6, 6.07) is 12.3. The second-order valence-electron chi connectivity index (χ2n) is 5.15. The number of aromatic nitrogens is 2. The number of imidazole rings is 1. The summed E-state index contributed by atoms with van der Waals surface area (Å²) in [6.07, 6.45) is 1.71. The van der Waals surface area contributed by atoms with Gasteiger partial charge in [0.25, 0.3) is 5.91 Å². The molecule has 0 radical (unpaired) electrons. The van der Waals surface area contributed by atoms with Gasteiger partial charge in [-0.2, -0.15) is 0 Å². The number of hydrogen-bond acceptors (Lipinski definition) is 3. The van der Waals surface area contributed by atoms with Crippen LogP contribution in [0.3, 0.4) is 0 Å². The van der Waals surface area contributed by atoms with Crippen molar-refractivity contribution in [3.63, 3.8) is 0 Å². The number of Topliss-reactive ketones (excluding diaryl/α,β-unsaturated/α-hetero) is 1. The summed E-state index contributed by atoms with van der Waals surface area (Å²) >= 11 is 0. The summed E-state index contributed by atoms with van der Waals surface area (Å²) in [5.74, 6) is -0.265. The Hall–Kier alpha value is -2.95. The number of benzene rings is 2. The molecular weight excluding hydrogens is 278 g/mol. The van der Waals surface area contributed by atoms with Crippen LogP contribution in [0.15, 0.2) is 48.8 Å². The number of nitrogens with one attached hydrogen (secondary N) is 1. The molecule has 0 saturated heterocycles. The zero-order valence-corrected chi connectivity index (χ0v) is 12.3. The van der Waals surface area contributed by atoms with Crippen molar-refractivity contribution in [1.82, 2.24) is 9.55 Å². The fourth-order valence-electron chi connectivity index (χ4n) is 2.30. The summed E-state index contributed by atoms with van der Waals surface area (Å²) in [6.45, 7) is 1.50. The number of hydrogen-bond donors (Lipinski definition) is 1. The van der Waals surface area contributed by atoms with Crippen molar-refractivity contribution < 1.29 is 9.59 Å².